The molecular formula is C16H12N4O4. The molecule has 8 nitrogen and oxygen atoms in total. The van der Waals surface area contributed by atoms with Crippen molar-refractivity contribution in [3.8, 4) is 5.69 Å². The zero-order valence-corrected chi connectivity index (χ0v) is 12.3. The minimum absolute atomic E-state index is 0.106. The summed E-state index contributed by atoms with van der Waals surface area (Å²) in [5.41, 5.74) is 0.492. The van der Waals surface area contributed by atoms with Gasteiger partial charge in [-0.15, -0.1) is 5.10 Å². The third-order valence-corrected chi connectivity index (χ3v) is 3.22. The van der Waals surface area contributed by atoms with Crippen LogP contribution >= 0.6 is 0 Å². The van der Waals surface area contributed by atoms with Gasteiger partial charge in [-0.3, -0.25) is 9.78 Å². The summed E-state index contributed by atoms with van der Waals surface area (Å²) >= 11 is 0. The van der Waals surface area contributed by atoms with E-state index in [2.05, 4.69) is 15.4 Å². The van der Waals surface area contributed by atoms with Crippen LogP contribution in [0.3, 0.4) is 0 Å². The first-order chi connectivity index (χ1) is 11.5. The molecule has 0 radical (unpaired) electrons. The Morgan fingerprint density at radius 3 is 2.33 bits per heavy atom. The molecule has 0 atom stereocenters. The first kappa shape index (κ1) is 15.2. The summed E-state index contributed by atoms with van der Waals surface area (Å²) in [6.45, 7) is 0. The minimum atomic E-state index is -1.06. The molecule has 1 amide bonds. The molecule has 0 unspecified atom stereocenters. The van der Waals surface area contributed by atoms with Crippen LogP contribution in [0.4, 0.5) is 5.69 Å². The largest absolute Gasteiger partial charge is 0.478 e. The number of H-pyrrole nitrogens is 1. The molecule has 3 N–H and O–H groups in total. The molecule has 0 aliphatic carbocycles. The molecule has 0 aliphatic heterocycles. The number of para-hydroxylation sites is 1. The van der Waals surface area contributed by atoms with Crippen molar-refractivity contribution in [3.63, 3.8) is 0 Å². The lowest BCUT2D eigenvalue weighted by Gasteiger charge is -2.03. The lowest BCUT2D eigenvalue weighted by molar-refractivity contribution is 0.0696. The van der Waals surface area contributed by atoms with Gasteiger partial charge < -0.3 is 10.4 Å². The number of hydrogen-bond donors (Lipinski definition) is 3. The molecule has 0 saturated carbocycles. The van der Waals surface area contributed by atoms with E-state index in [0.29, 0.717) is 11.4 Å². The highest BCUT2D eigenvalue weighted by atomic mass is 16.4. The third-order valence-electron chi connectivity index (χ3n) is 3.22. The van der Waals surface area contributed by atoms with Gasteiger partial charge in [-0.1, -0.05) is 18.2 Å². The second kappa shape index (κ2) is 6.21. The van der Waals surface area contributed by atoms with Gasteiger partial charge in [0.2, 0.25) is 5.82 Å². The van der Waals surface area contributed by atoms with Crippen molar-refractivity contribution in [1.82, 2.24) is 14.8 Å². The highest BCUT2D eigenvalue weighted by Gasteiger charge is 2.14. The summed E-state index contributed by atoms with van der Waals surface area (Å²) in [5, 5.41) is 15.3. The SMILES string of the molecule is O=C(O)c1ccc(NC(=O)c2nn(-c3ccccc3)c(=O)[nH]2)cc1. The first-order valence-corrected chi connectivity index (χ1v) is 6.94. The van der Waals surface area contributed by atoms with Crippen LogP contribution in [0.15, 0.2) is 59.4 Å². The predicted octanol–water partition coefficient (Wildman–Crippen LogP) is 1.51. The van der Waals surface area contributed by atoms with Crippen LogP contribution in [-0.4, -0.2) is 31.7 Å². The topological polar surface area (TPSA) is 117 Å². The predicted molar refractivity (Wildman–Crippen MR) is 85.5 cm³/mol. The van der Waals surface area contributed by atoms with Crippen LogP contribution in [0.25, 0.3) is 5.69 Å². The fourth-order valence-electron chi connectivity index (χ4n) is 2.06. The van der Waals surface area contributed by atoms with Crippen molar-refractivity contribution >= 4 is 17.6 Å². The summed E-state index contributed by atoms with van der Waals surface area (Å²) in [5.74, 6) is -1.81. The number of nitrogens with zero attached hydrogens (tertiary/aromatic N) is 2. The van der Waals surface area contributed by atoms with E-state index < -0.39 is 17.6 Å². The number of hydrogen-bond acceptors (Lipinski definition) is 4. The van der Waals surface area contributed by atoms with E-state index >= 15 is 0 Å². The standard InChI is InChI=1S/C16H12N4O4/c21-14(17-11-8-6-10(7-9-11)15(22)23)13-18-16(24)20(19-13)12-4-2-1-3-5-12/h1-9H,(H,17,21)(H,22,23)(H,18,19,24). The molecule has 0 saturated heterocycles. The molecule has 1 aromatic heterocycles. The number of rotatable bonds is 4. The van der Waals surface area contributed by atoms with E-state index in [9.17, 15) is 14.4 Å². The second-order valence-corrected chi connectivity index (χ2v) is 4.86. The number of benzene rings is 2. The molecule has 3 rings (SSSR count). The monoisotopic (exact) mass is 324 g/mol. The summed E-state index contributed by atoms with van der Waals surface area (Å²) in [6, 6.07) is 14.3. The molecule has 0 aliphatic rings. The molecule has 0 spiro atoms. The van der Waals surface area contributed by atoms with E-state index in [0.717, 1.165) is 4.68 Å². The fraction of sp³-hybridized carbons (Fsp3) is 0. The van der Waals surface area contributed by atoms with Gasteiger partial charge in [-0.05, 0) is 36.4 Å². The molecule has 0 fully saturated rings. The average molecular weight is 324 g/mol. The van der Waals surface area contributed by atoms with Gasteiger partial charge in [0.15, 0.2) is 0 Å². The van der Waals surface area contributed by atoms with Gasteiger partial charge in [-0.25, -0.2) is 9.59 Å². The Kier molecular flexibility index (Phi) is 3.94. The van der Waals surface area contributed by atoms with E-state index in [-0.39, 0.29) is 11.4 Å². The first-order valence-electron chi connectivity index (χ1n) is 6.94. The van der Waals surface area contributed by atoms with Gasteiger partial charge in [0.1, 0.15) is 0 Å². The van der Waals surface area contributed by atoms with Crippen LogP contribution < -0.4 is 11.0 Å². The molecule has 120 valence electrons. The molecule has 8 heteroatoms. The maximum atomic E-state index is 12.2. The number of amides is 1. The van der Waals surface area contributed by atoms with Crippen molar-refractivity contribution in [1.29, 1.82) is 0 Å². The Labute approximate surface area is 135 Å². The van der Waals surface area contributed by atoms with Gasteiger partial charge >= 0.3 is 11.7 Å². The van der Waals surface area contributed by atoms with E-state index in [1.807, 2.05) is 0 Å². The van der Waals surface area contributed by atoms with Crippen LogP contribution in [0, 0.1) is 0 Å². The minimum Gasteiger partial charge on any atom is -0.478 e. The lowest BCUT2D eigenvalue weighted by atomic mass is 10.2. The Bertz CT molecular complexity index is 942. The van der Waals surface area contributed by atoms with Crippen LogP contribution in [0.5, 0.6) is 0 Å². The smallest absolute Gasteiger partial charge is 0.348 e. The number of carbonyl (C=O) groups is 2. The normalized spacial score (nSPS) is 10.3. The number of carboxylic acid groups (broad SMARTS) is 1. The van der Waals surface area contributed by atoms with Gasteiger partial charge in [-0.2, -0.15) is 4.68 Å². The number of nitrogens with one attached hydrogen (secondary N) is 2. The summed E-state index contributed by atoms with van der Waals surface area (Å²) < 4.78 is 1.09. The second-order valence-electron chi connectivity index (χ2n) is 4.86. The van der Waals surface area contributed by atoms with E-state index in [1.165, 1.54) is 24.3 Å². The summed E-state index contributed by atoms with van der Waals surface area (Å²) in [6.07, 6.45) is 0. The van der Waals surface area contributed by atoms with Crippen molar-refractivity contribution in [3.05, 3.63) is 76.5 Å². The van der Waals surface area contributed by atoms with Crippen LogP contribution in [-0.2, 0) is 0 Å². The van der Waals surface area contributed by atoms with E-state index in [4.69, 9.17) is 5.11 Å². The Balaban J connectivity index is 1.81. The van der Waals surface area contributed by atoms with Gasteiger partial charge in [0.05, 0.1) is 11.3 Å². The van der Waals surface area contributed by atoms with Gasteiger partial charge in [0, 0.05) is 5.69 Å². The molecule has 0 bridgehead atoms. The third kappa shape index (κ3) is 3.07. The van der Waals surface area contributed by atoms with Crippen molar-refractivity contribution in [2.75, 3.05) is 5.32 Å². The zero-order chi connectivity index (χ0) is 17.1. The quantitative estimate of drug-likeness (QED) is 0.672. The Morgan fingerprint density at radius 2 is 1.71 bits per heavy atom. The molecule has 24 heavy (non-hydrogen) atoms. The molecular weight excluding hydrogens is 312 g/mol. The molecule has 1 heterocycles. The maximum absolute atomic E-state index is 12.2. The Hall–Kier alpha value is -3.68. The average Bonchev–Trinajstić information content (AvgIpc) is 2.98. The van der Waals surface area contributed by atoms with Crippen molar-refractivity contribution in [2.24, 2.45) is 0 Å². The number of aromatic nitrogens is 3. The summed E-state index contributed by atoms with van der Waals surface area (Å²) in [4.78, 5) is 37.2. The highest BCUT2D eigenvalue weighted by Crippen LogP contribution is 2.10. The Morgan fingerprint density at radius 1 is 1.04 bits per heavy atom. The lowest BCUT2D eigenvalue weighted by Crippen LogP contribution is -2.15. The zero-order valence-electron chi connectivity index (χ0n) is 12.3. The molecule has 2 aromatic carbocycles. The number of carboxylic acids is 1. The van der Waals surface area contributed by atoms with Gasteiger partial charge in [0.25, 0.3) is 5.91 Å². The van der Waals surface area contributed by atoms with Crippen LogP contribution in [0.2, 0.25) is 0 Å². The van der Waals surface area contributed by atoms with Crippen LogP contribution in [0.1, 0.15) is 21.0 Å². The fourth-order valence-corrected chi connectivity index (χ4v) is 2.06. The van der Waals surface area contributed by atoms with Crippen molar-refractivity contribution in [2.45, 2.75) is 0 Å². The number of anilines is 1. The number of aromatic carboxylic acids is 1. The number of aromatic amines is 1. The number of carbonyl (C=O) groups excluding carboxylic acids is 1. The van der Waals surface area contributed by atoms with Crippen molar-refractivity contribution < 1.29 is 14.7 Å². The maximum Gasteiger partial charge on any atom is 0.348 e. The summed E-state index contributed by atoms with van der Waals surface area (Å²) in [7, 11) is 0. The highest BCUT2D eigenvalue weighted by molar-refractivity contribution is 6.01. The molecule has 3 aromatic rings. The van der Waals surface area contributed by atoms with E-state index in [1.54, 1.807) is 30.3 Å².